The smallest absolute Gasteiger partial charge is 0.272 e. The van der Waals surface area contributed by atoms with Gasteiger partial charge in [-0.1, -0.05) is 36.4 Å². The van der Waals surface area contributed by atoms with Gasteiger partial charge in [0.15, 0.2) is 15.9 Å². The molecule has 0 radical (unpaired) electrons. The molecule has 0 atom stereocenters. The zero-order valence-electron chi connectivity index (χ0n) is 19.6. The van der Waals surface area contributed by atoms with Crippen molar-refractivity contribution in [2.75, 3.05) is 6.54 Å². The summed E-state index contributed by atoms with van der Waals surface area (Å²) in [5.41, 5.74) is 3.61. The summed E-state index contributed by atoms with van der Waals surface area (Å²) in [7, 11) is 1.90. The molecule has 3 aromatic heterocycles. The van der Waals surface area contributed by atoms with Gasteiger partial charge in [-0.25, -0.2) is 0 Å². The fourth-order valence-electron chi connectivity index (χ4n) is 4.17. The lowest BCUT2D eigenvalue weighted by Crippen LogP contribution is -2.32. The third-order valence-electron chi connectivity index (χ3n) is 5.90. The highest BCUT2D eigenvalue weighted by Crippen LogP contribution is 2.29. The standard InChI is InChI=1S/C25H27N7O2S/c1-3-12-32-21-11-13-31(15-19-9-10-22(34-19)35-25-28-27-17-30(25)2)16-20(21)23(29-32)24(33)26-14-18-7-5-4-6-8-18/h3-10,17H,1,11-16H2,2H3,(H,26,33). The van der Waals surface area contributed by atoms with Crippen molar-refractivity contribution in [3.8, 4) is 0 Å². The van der Waals surface area contributed by atoms with Crippen LogP contribution in [0, 0.1) is 0 Å². The Labute approximate surface area is 207 Å². The number of nitrogens with one attached hydrogen (secondary N) is 1. The monoisotopic (exact) mass is 489 g/mol. The zero-order chi connectivity index (χ0) is 24.2. The van der Waals surface area contributed by atoms with Gasteiger partial charge >= 0.3 is 0 Å². The summed E-state index contributed by atoms with van der Waals surface area (Å²) >= 11 is 1.44. The van der Waals surface area contributed by atoms with E-state index in [4.69, 9.17) is 4.42 Å². The molecule has 0 bridgehead atoms. The van der Waals surface area contributed by atoms with E-state index in [0.717, 1.165) is 45.8 Å². The van der Waals surface area contributed by atoms with Crippen molar-refractivity contribution in [3.63, 3.8) is 0 Å². The number of benzene rings is 1. The van der Waals surface area contributed by atoms with E-state index in [1.165, 1.54) is 11.8 Å². The lowest BCUT2D eigenvalue weighted by Gasteiger charge is -2.26. The number of hydrogen-bond acceptors (Lipinski definition) is 7. The predicted octanol–water partition coefficient (Wildman–Crippen LogP) is 3.43. The molecule has 180 valence electrons. The van der Waals surface area contributed by atoms with Crippen LogP contribution in [-0.4, -0.2) is 41.9 Å². The first-order chi connectivity index (χ1) is 17.1. The Balaban J connectivity index is 1.29. The Hall–Kier alpha value is -3.63. The summed E-state index contributed by atoms with van der Waals surface area (Å²) < 4.78 is 9.79. The number of carbonyl (C=O) groups excluding carboxylic acids is 1. The van der Waals surface area contributed by atoms with Crippen LogP contribution < -0.4 is 5.32 Å². The first-order valence-electron chi connectivity index (χ1n) is 11.4. The number of fused-ring (bicyclic) bond motifs is 1. The Morgan fingerprint density at radius 1 is 1.26 bits per heavy atom. The second kappa shape index (κ2) is 10.3. The van der Waals surface area contributed by atoms with Crippen LogP contribution in [0.15, 0.2) is 76.1 Å². The minimum absolute atomic E-state index is 0.157. The molecule has 1 aromatic carbocycles. The fourth-order valence-corrected chi connectivity index (χ4v) is 4.92. The quantitative estimate of drug-likeness (QED) is 0.360. The van der Waals surface area contributed by atoms with E-state index in [2.05, 4.69) is 32.1 Å². The topological polar surface area (TPSA) is 94.0 Å². The summed E-state index contributed by atoms with van der Waals surface area (Å²) in [4.78, 5) is 15.4. The minimum atomic E-state index is -0.157. The van der Waals surface area contributed by atoms with Crippen molar-refractivity contribution >= 4 is 17.7 Å². The molecule has 1 amide bonds. The molecule has 4 aromatic rings. The van der Waals surface area contributed by atoms with Gasteiger partial charge < -0.3 is 14.3 Å². The molecule has 0 spiro atoms. The highest BCUT2D eigenvalue weighted by atomic mass is 32.2. The number of amides is 1. The highest BCUT2D eigenvalue weighted by molar-refractivity contribution is 7.99. The molecular weight excluding hydrogens is 462 g/mol. The summed E-state index contributed by atoms with van der Waals surface area (Å²) in [5.74, 6) is 0.710. The van der Waals surface area contributed by atoms with E-state index >= 15 is 0 Å². The Morgan fingerprint density at radius 3 is 2.89 bits per heavy atom. The summed E-state index contributed by atoms with van der Waals surface area (Å²) in [6.07, 6.45) is 4.28. The van der Waals surface area contributed by atoms with Crippen LogP contribution in [0.5, 0.6) is 0 Å². The molecule has 0 fully saturated rings. The molecule has 0 saturated heterocycles. The number of allylic oxidation sites excluding steroid dienone is 1. The van der Waals surface area contributed by atoms with Crippen LogP contribution in [0.1, 0.15) is 33.1 Å². The first-order valence-corrected chi connectivity index (χ1v) is 12.3. The largest absolute Gasteiger partial charge is 0.453 e. The summed E-state index contributed by atoms with van der Waals surface area (Å²) in [6, 6.07) is 13.8. The Morgan fingerprint density at radius 2 is 2.11 bits per heavy atom. The normalized spacial score (nSPS) is 13.5. The lowest BCUT2D eigenvalue weighted by molar-refractivity contribution is 0.0942. The van der Waals surface area contributed by atoms with Crippen molar-refractivity contribution in [2.24, 2.45) is 7.05 Å². The van der Waals surface area contributed by atoms with E-state index in [1.54, 1.807) is 6.33 Å². The SMILES string of the molecule is C=CCn1nc(C(=O)NCc2ccccc2)c2c1CCN(Cc1ccc(Sc3nncn3C)o1)C2. The highest BCUT2D eigenvalue weighted by Gasteiger charge is 2.28. The first kappa shape index (κ1) is 23.1. The van der Waals surface area contributed by atoms with Crippen molar-refractivity contribution in [1.82, 2.24) is 34.8 Å². The van der Waals surface area contributed by atoms with Crippen LogP contribution in [0.2, 0.25) is 0 Å². The van der Waals surface area contributed by atoms with Crippen molar-refractivity contribution in [3.05, 3.63) is 89.7 Å². The second-order valence-electron chi connectivity index (χ2n) is 8.42. The van der Waals surface area contributed by atoms with E-state index in [1.807, 2.05) is 64.8 Å². The number of hydrogen-bond donors (Lipinski definition) is 1. The molecule has 1 aliphatic rings. The van der Waals surface area contributed by atoms with Crippen LogP contribution >= 0.6 is 11.8 Å². The molecule has 1 N–H and O–H groups in total. The maximum Gasteiger partial charge on any atom is 0.272 e. The van der Waals surface area contributed by atoms with Crippen LogP contribution in [0.4, 0.5) is 0 Å². The third-order valence-corrected chi connectivity index (χ3v) is 6.88. The summed E-state index contributed by atoms with van der Waals surface area (Å²) in [5, 5.41) is 17.2. The van der Waals surface area contributed by atoms with E-state index in [0.29, 0.717) is 31.9 Å². The summed E-state index contributed by atoms with van der Waals surface area (Å²) in [6.45, 7) is 7.02. The maximum absolute atomic E-state index is 13.1. The maximum atomic E-state index is 13.1. The molecule has 35 heavy (non-hydrogen) atoms. The van der Waals surface area contributed by atoms with Gasteiger partial charge in [0.25, 0.3) is 5.91 Å². The number of furan rings is 1. The van der Waals surface area contributed by atoms with Gasteiger partial charge in [0.05, 0.1) is 13.1 Å². The number of carbonyl (C=O) groups is 1. The third kappa shape index (κ3) is 5.23. The van der Waals surface area contributed by atoms with Gasteiger partial charge in [0.1, 0.15) is 12.1 Å². The Kier molecular flexibility index (Phi) is 6.82. The second-order valence-corrected chi connectivity index (χ2v) is 9.39. The lowest BCUT2D eigenvalue weighted by atomic mass is 10.0. The van der Waals surface area contributed by atoms with Gasteiger partial charge in [0, 0.05) is 44.4 Å². The molecule has 9 nitrogen and oxygen atoms in total. The van der Waals surface area contributed by atoms with Crippen molar-refractivity contribution in [2.45, 2.75) is 42.8 Å². The Bertz CT molecular complexity index is 1320. The van der Waals surface area contributed by atoms with Crippen molar-refractivity contribution < 1.29 is 9.21 Å². The van der Waals surface area contributed by atoms with Gasteiger partial charge in [-0.2, -0.15) is 5.10 Å². The molecule has 4 heterocycles. The molecule has 0 aliphatic carbocycles. The fraction of sp³-hybridized carbons (Fsp3) is 0.280. The zero-order valence-corrected chi connectivity index (χ0v) is 20.4. The van der Waals surface area contributed by atoms with E-state index in [-0.39, 0.29) is 5.91 Å². The van der Waals surface area contributed by atoms with Crippen molar-refractivity contribution in [1.29, 1.82) is 0 Å². The van der Waals surface area contributed by atoms with Gasteiger partial charge in [-0.3, -0.25) is 14.4 Å². The number of rotatable bonds is 9. The van der Waals surface area contributed by atoms with E-state index in [9.17, 15) is 4.79 Å². The minimum Gasteiger partial charge on any atom is -0.453 e. The molecule has 0 saturated carbocycles. The van der Waals surface area contributed by atoms with Crippen LogP contribution in [-0.2, 0) is 39.6 Å². The molecule has 1 aliphatic heterocycles. The molecule has 0 unspecified atom stereocenters. The van der Waals surface area contributed by atoms with Gasteiger partial charge in [-0.15, -0.1) is 16.8 Å². The molecule has 5 rings (SSSR count). The van der Waals surface area contributed by atoms with Crippen LogP contribution in [0.3, 0.4) is 0 Å². The number of aryl methyl sites for hydroxylation is 1. The van der Waals surface area contributed by atoms with Crippen LogP contribution in [0.25, 0.3) is 0 Å². The predicted molar refractivity (Wildman–Crippen MR) is 132 cm³/mol. The van der Waals surface area contributed by atoms with Gasteiger partial charge in [0.2, 0.25) is 0 Å². The average molecular weight is 490 g/mol. The van der Waals surface area contributed by atoms with Gasteiger partial charge in [-0.05, 0) is 29.5 Å². The molecular formula is C25H27N7O2S. The number of aromatic nitrogens is 5. The number of nitrogens with zero attached hydrogens (tertiary/aromatic N) is 6. The van der Waals surface area contributed by atoms with E-state index < -0.39 is 0 Å². The average Bonchev–Trinajstić information content (AvgIpc) is 3.58. The molecule has 10 heteroatoms.